The van der Waals surface area contributed by atoms with Gasteiger partial charge in [-0.05, 0) is 42.8 Å². The van der Waals surface area contributed by atoms with Crippen molar-refractivity contribution in [3.05, 3.63) is 59.7 Å². The van der Waals surface area contributed by atoms with E-state index in [2.05, 4.69) is 22.9 Å². The molecular formula is C14H13FN2OS. The van der Waals surface area contributed by atoms with Crippen LogP contribution in [0, 0.1) is 5.82 Å². The maximum absolute atomic E-state index is 13.6. The van der Waals surface area contributed by atoms with Gasteiger partial charge in [0.1, 0.15) is 5.82 Å². The number of thiol groups is 1. The molecule has 0 bridgehead atoms. The van der Waals surface area contributed by atoms with Crippen molar-refractivity contribution in [2.45, 2.75) is 17.9 Å². The summed E-state index contributed by atoms with van der Waals surface area (Å²) in [6.45, 7) is 1.83. The normalized spacial score (nSPS) is 11.9. The first-order valence-electron chi connectivity index (χ1n) is 5.77. The number of halogens is 1. The SMILES string of the molecule is CC(NC(=O)c1cc(S)ccc1F)c1ccncc1. The first-order chi connectivity index (χ1) is 9.08. The van der Waals surface area contributed by atoms with Crippen molar-refractivity contribution in [2.24, 2.45) is 0 Å². The Balaban J connectivity index is 2.15. The van der Waals surface area contributed by atoms with Gasteiger partial charge in [0.15, 0.2) is 0 Å². The molecule has 1 aromatic carbocycles. The fourth-order valence-electron chi connectivity index (χ4n) is 1.70. The summed E-state index contributed by atoms with van der Waals surface area (Å²) in [6.07, 6.45) is 3.29. The Labute approximate surface area is 116 Å². The van der Waals surface area contributed by atoms with Crippen LogP contribution in [0.4, 0.5) is 4.39 Å². The molecule has 3 nitrogen and oxygen atoms in total. The number of pyridine rings is 1. The number of carbonyl (C=O) groups excluding carboxylic acids is 1. The lowest BCUT2D eigenvalue weighted by atomic mass is 10.1. The van der Waals surface area contributed by atoms with Crippen molar-refractivity contribution < 1.29 is 9.18 Å². The van der Waals surface area contributed by atoms with E-state index in [0.29, 0.717) is 4.90 Å². The van der Waals surface area contributed by atoms with Crippen LogP contribution in [-0.4, -0.2) is 10.9 Å². The van der Waals surface area contributed by atoms with Crippen molar-refractivity contribution in [1.82, 2.24) is 10.3 Å². The molecule has 1 amide bonds. The monoisotopic (exact) mass is 276 g/mol. The van der Waals surface area contributed by atoms with Gasteiger partial charge in [-0.3, -0.25) is 9.78 Å². The Morgan fingerprint density at radius 3 is 2.68 bits per heavy atom. The first-order valence-corrected chi connectivity index (χ1v) is 6.22. The van der Waals surface area contributed by atoms with Crippen LogP contribution in [0.15, 0.2) is 47.6 Å². The molecule has 2 rings (SSSR count). The Morgan fingerprint density at radius 2 is 2.00 bits per heavy atom. The fraction of sp³-hybridized carbons (Fsp3) is 0.143. The molecule has 0 spiro atoms. The summed E-state index contributed by atoms with van der Waals surface area (Å²) < 4.78 is 13.6. The van der Waals surface area contributed by atoms with E-state index in [4.69, 9.17) is 0 Å². The standard InChI is InChI=1S/C14H13FN2OS/c1-9(10-4-6-16-7-5-10)17-14(18)12-8-11(19)2-3-13(12)15/h2-9,19H,1H3,(H,17,18). The summed E-state index contributed by atoms with van der Waals surface area (Å²) in [5.74, 6) is -1.02. The highest BCUT2D eigenvalue weighted by molar-refractivity contribution is 7.80. The van der Waals surface area contributed by atoms with Gasteiger partial charge in [0.25, 0.3) is 5.91 Å². The van der Waals surface area contributed by atoms with Gasteiger partial charge in [-0.2, -0.15) is 0 Å². The molecule has 0 radical (unpaired) electrons. The van der Waals surface area contributed by atoms with Crippen molar-refractivity contribution in [3.8, 4) is 0 Å². The van der Waals surface area contributed by atoms with Gasteiger partial charge in [0.05, 0.1) is 11.6 Å². The summed E-state index contributed by atoms with van der Waals surface area (Å²) >= 11 is 4.10. The van der Waals surface area contributed by atoms with E-state index in [0.717, 1.165) is 5.56 Å². The van der Waals surface area contributed by atoms with Crippen LogP contribution in [-0.2, 0) is 0 Å². The molecule has 1 N–H and O–H groups in total. The third-order valence-corrected chi connectivity index (χ3v) is 3.03. The fourth-order valence-corrected chi connectivity index (χ4v) is 1.90. The minimum absolute atomic E-state index is 0.00611. The van der Waals surface area contributed by atoms with Gasteiger partial charge in [0.2, 0.25) is 0 Å². The molecule has 2 aromatic rings. The van der Waals surface area contributed by atoms with Crippen LogP contribution in [0.5, 0.6) is 0 Å². The van der Waals surface area contributed by atoms with Gasteiger partial charge in [-0.15, -0.1) is 12.6 Å². The second kappa shape index (κ2) is 5.84. The molecule has 0 aliphatic heterocycles. The average molecular weight is 276 g/mol. The molecule has 0 aliphatic rings. The van der Waals surface area contributed by atoms with E-state index < -0.39 is 11.7 Å². The van der Waals surface area contributed by atoms with Crippen LogP contribution in [0.3, 0.4) is 0 Å². The second-order valence-corrected chi connectivity index (χ2v) is 4.66. The Morgan fingerprint density at radius 1 is 1.32 bits per heavy atom. The van der Waals surface area contributed by atoms with E-state index in [1.165, 1.54) is 18.2 Å². The van der Waals surface area contributed by atoms with Crippen LogP contribution >= 0.6 is 12.6 Å². The number of nitrogens with one attached hydrogen (secondary N) is 1. The topological polar surface area (TPSA) is 42.0 Å². The number of nitrogens with zero attached hydrogens (tertiary/aromatic N) is 1. The molecule has 1 atom stereocenters. The lowest BCUT2D eigenvalue weighted by Gasteiger charge is -2.14. The van der Waals surface area contributed by atoms with Gasteiger partial charge in [-0.1, -0.05) is 0 Å². The number of amides is 1. The van der Waals surface area contributed by atoms with E-state index in [9.17, 15) is 9.18 Å². The molecule has 19 heavy (non-hydrogen) atoms. The Bertz CT molecular complexity index is 589. The number of aromatic nitrogens is 1. The zero-order valence-corrected chi connectivity index (χ0v) is 11.2. The predicted molar refractivity (Wildman–Crippen MR) is 73.8 cm³/mol. The quantitative estimate of drug-likeness (QED) is 0.846. The first kappa shape index (κ1) is 13.5. The minimum atomic E-state index is -0.558. The molecule has 5 heteroatoms. The molecule has 1 aromatic heterocycles. The van der Waals surface area contributed by atoms with Crippen molar-refractivity contribution in [2.75, 3.05) is 0 Å². The maximum Gasteiger partial charge on any atom is 0.254 e. The van der Waals surface area contributed by atoms with Crippen LogP contribution < -0.4 is 5.32 Å². The molecule has 0 saturated heterocycles. The molecule has 0 aliphatic carbocycles. The molecule has 98 valence electrons. The molecular weight excluding hydrogens is 263 g/mol. The summed E-state index contributed by atoms with van der Waals surface area (Å²) in [6, 6.07) is 7.52. The van der Waals surface area contributed by atoms with Gasteiger partial charge >= 0.3 is 0 Å². The maximum atomic E-state index is 13.6. The number of hydrogen-bond acceptors (Lipinski definition) is 3. The van der Waals surface area contributed by atoms with Crippen LogP contribution in [0.2, 0.25) is 0 Å². The van der Waals surface area contributed by atoms with E-state index in [1.54, 1.807) is 24.5 Å². The van der Waals surface area contributed by atoms with Crippen molar-refractivity contribution >= 4 is 18.5 Å². The summed E-state index contributed by atoms with van der Waals surface area (Å²) in [7, 11) is 0. The van der Waals surface area contributed by atoms with Crippen LogP contribution in [0.1, 0.15) is 28.9 Å². The van der Waals surface area contributed by atoms with Crippen molar-refractivity contribution in [3.63, 3.8) is 0 Å². The van der Waals surface area contributed by atoms with E-state index in [1.807, 2.05) is 6.92 Å². The van der Waals surface area contributed by atoms with Gasteiger partial charge in [0, 0.05) is 17.3 Å². The molecule has 0 saturated carbocycles. The summed E-state index contributed by atoms with van der Waals surface area (Å²) in [5, 5.41) is 2.74. The smallest absolute Gasteiger partial charge is 0.254 e. The highest BCUT2D eigenvalue weighted by atomic mass is 32.1. The average Bonchev–Trinajstić information content (AvgIpc) is 2.42. The second-order valence-electron chi connectivity index (χ2n) is 4.14. The summed E-state index contributed by atoms with van der Waals surface area (Å²) in [4.78, 5) is 16.5. The highest BCUT2D eigenvalue weighted by Crippen LogP contribution is 2.16. The summed E-state index contributed by atoms with van der Waals surface area (Å²) in [5.41, 5.74) is 0.902. The number of benzene rings is 1. The van der Waals surface area contributed by atoms with Gasteiger partial charge < -0.3 is 5.32 Å². The third-order valence-electron chi connectivity index (χ3n) is 2.75. The third kappa shape index (κ3) is 3.32. The Hall–Kier alpha value is -1.88. The zero-order valence-electron chi connectivity index (χ0n) is 10.3. The number of rotatable bonds is 3. The number of carbonyl (C=O) groups is 1. The van der Waals surface area contributed by atoms with E-state index >= 15 is 0 Å². The van der Waals surface area contributed by atoms with E-state index in [-0.39, 0.29) is 11.6 Å². The minimum Gasteiger partial charge on any atom is -0.345 e. The van der Waals surface area contributed by atoms with Crippen LogP contribution in [0.25, 0.3) is 0 Å². The number of hydrogen-bond donors (Lipinski definition) is 2. The predicted octanol–water partition coefficient (Wildman–Crippen LogP) is 3.00. The Kier molecular flexibility index (Phi) is 4.16. The van der Waals surface area contributed by atoms with Crippen molar-refractivity contribution in [1.29, 1.82) is 0 Å². The lowest BCUT2D eigenvalue weighted by Crippen LogP contribution is -2.27. The molecule has 1 unspecified atom stereocenters. The molecule has 1 heterocycles. The lowest BCUT2D eigenvalue weighted by molar-refractivity contribution is 0.0935. The zero-order chi connectivity index (χ0) is 13.8. The highest BCUT2D eigenvalue weighted by Gasteiger charge is 2.15. The molecule has 0 fully saturated rings. The largest absolute Gasteiger partial charge is 0.345 e. The van der Waals surface area contributed by atoms with Gasteiger partial charge in [-0.25, -0.2) is 4.39 Å².